The molecule has 0 radical (unpaired) electrons. The fraction of sp³-hybridized carbons (Fsp3) is 0.125. The third-order valence-electron chi connectivity index (χ3n) is 5.27. The average molecular weight is 444 g/mol. The Morgan fingerprint density at radius 2 is 1.73 bits per heavy atom. The summed E-state index contributed by atoms with van der Waals surface area (Å²) < 4.78 is 24.1. The molecule has 0 saturated heterocycles. The Hall–Kier alpha value is -4.40. The molecule has 0 aliphatic rings. The number of halogens is 1. The molecule has 0 fully saturated rings. The first-order valence-corrected chi connectivity index (χ1v) is 10.2. The Labute approximate surface area is 188 Å². The highest BCUT2D eigenvalue weighted by molar-refractivity contribution is 5.95. The van der Waals surface area contributed by atoms with Crippen molar-refractivity contribution in [2.75, 3.05) is 24.9 Å². The molecule has 0 aliphatic carbocycles. The molecular formula is C24H21FN6O2. The molecule has 5 aromatic rings. The van der Waals surface area contributed by atoms with Gasteiger partial charge < -0.3 is 20.1 Å². The molecule has 0 spiro atoms. The number of H-pyrrole nitrogens is 1. The van der Waals surface area contributed by atoms with Crippen molar-refractivity contribution in [1.82, 2.24) is 20.2 Å². The number of fused-ring (bicyclic) bond motifs is 2. The lowest BCUT2D eigenvalue weighted by Crippen LogP contribution is -2.06. The van der Waals surface area contributed by atoms with Crippen LogP contribution in [0.2, 0.25) is 0 Å². The van der Waals surface area contributed by atoms with Crippen molar-refractivity contribution in [3.8, 4) is 11.5 Å². The molecule has 5 rings (SSSR count). The van der Waals surface area contributed by atoms with Gasteiger partial charge in [0.2, 0.25) is 5.95 Å². The molecule has 3 N–H and O–H groups in total. The maximum Gasteiger partial charge on any atom is 0.225 e. The number of aromatic nitrogens is 4. The first kappa shape index (κ1) is 20.5. The van der Waals surface area contributed by atoms with Gasteiger partial charge in [0.15, 0.2) is 11.5 Å². The SMILES string of the molecule is COc1cc2nc(NCc3ccc(F)cc3)nc(Nc3ccc4[nH]ncc4c3)c2cc1OC. The molecule has 166 valence electrons. The minimum Gasteiger partial charge on any atom is -0.493 e. The molecule has 2 heterocycles. The molecule has 0 bridgehead atoms. The summed E-state index contributed by atoms with van der Waals surface area (Å²) in [5.41, 5.74) is 3.38. The number of hydrogen-bond donors (Lipinski definition) is 3. The summed E-state index contributed by atoms with van der Waals surface area (Å²) in [6.07, 6.45) is 1.77. The lowest BCUT2D eigenvalue weighted by molar-refractivity contribution is 0.356. The number of methoxy groups -OCH3 is 2. The van der Waals surface area contributed by atoms with Crippen LogP contribution in [0.3, 0.4) is 0 Å². The van der Waals surface area contributed by atoms with E-state index in [-0.39, 0.29) is 5.82 Å². The Morgan fingerprint density at radius 1 is 0.939 bits per heavy atom. The quantitative estimate of drug-likeness (QED) is 0.324. The van der Waals surface area contributed by atoms with Crippen molar-refractivity contribution in [2.24, 2.45) is 0 Å². The Morgan fingerprint density at radius 3 is 2.52 bits per heavy atom. The van der Waals surface area contributed by atoms with E-state index < -0.39 is 0 Å². The van der Waals surface area contributed by atoms with Gasteiger partial charge in [-0.3, -0.25) is 5.10 Å². The fourth-order valence-corrected chi connectivity index (χ4v) is 3.57. The first-order valence-electron chi connectivity index (χ1n) is 10.2. The zero-order chi connectivity index (χ0) is 22.8. The molecule has 0 atom stereocenters. The number of ether oxygens (including phenoxy) is 2. The van der Waals surface area contributed by atoms with Gasteiger partial charge in [-0.1, -0.05) is 12.1 Å². The maximum absolute atomic E-state index is 13.2. The van der Waals surface area contributed by atoms with Crippen molar-refractivity contribution in [3.63, 3.8) is 0 Å². The summed E-state index contributed by atoms with van der Waals surface area (Å²) in [5, 5.41) is 15.4. The van der Waals surface area contributed by atoms with Gasteiger partial charge in [-0.25, -0.2) is 9.37 Å². The zero-order valence-electron chi connectivity index (χ0n) is 18.0. The number of rotatable bonds is 7. The Balaban J connectivity index is 1.55. The van der Waals surface area contributed by atoms with E-state index in [0.29, 0.717) is 35.3 Å². The second kappa shape index (κ2) is 8.62. The summed E-state index contributed by atoms with van der Waals surface area (Å²) in [6.45, 7) is 0.444. The second-order valence-electron chi connectivity index (χ2n) is 7.40. The van der Waals surface area contributed by atoms with Crippen molar-refractivity contribution < 1.29 is 13.9 Å². The van der Waals surface area contributed by atoms with Crippen molar-refractivity contribution in [3.05, 3.63) is 72.2 Å². The Bertz CT molecular complexity index is 1430. The molecule has 9 heteroatoms. The van der Waals surface area contributed by atoms with Gasteiger partial charge in [-0.2, -0.15) is 10.1 Å². The van der Waals surface area contributed by atoms with Crippen LogP contribution in [-0.2, 0) is 6.54 Å². The van der Waals surface area contributed by atoms with E-state index in [1.54, 1.807) is 32.5 Å². The smallest absolute Gasteiger partial charge is 0.225 e. The number of benzene rings is 3. The predicted octanol–water partition coefficient (Wildman–Crippen LogP) is 5.02. The van der Waals surface area contributed by atoms with Crippen LogP contribution in [0.25, 0.3) is 21.8 Å². The second-order valence-corrected chi connectivity index (χ2v) is 7.40. The maximum atomic E-state index is 13.2. The number of nitrogens with one attached hydrogen (secondary N) is 3. The zero-order valence-corrected chi connectivity index (χ0v) is 18.0. The van der Waals surface area contributed by atoms with E-state index in [9.17, 15) is 4.39 Å². The van der Waals surface area contributed by atoms with Gasteiger partial charge in [0.1, 0.15) is 11.6 Å². The lowest BCUT2D eigenvalue weighted by atomic mass is 10.2. The van der Waals surface area contributed by atoms with E-state index in [2.05, 4.69) is 25.8 Å². The minimum absolute atomic E-state index is 0.275. The number of nitrogens with zero attached hydrogens (tertiary/aromatic N) is 3. The largest absolute Gasteiger partial charge is 0.493 e. The van der Waals surface area contributed by atoms with Gasteiger partial charge in [0.25, 0.3) is 0 Å². The van der Waals surface area contributed by atoms with Crippen LogP contribution in [0.15, 0.2) is 60.8 Å². The molecule has 0 saturated carbocycles. The van der Waals surface area contributed by atoms with E-state index in [1.165, 1.54) is 12.1 Å². The van der Waals surface area contributed by atoms with Gasteiger partial charge in [-0.05, 0) is 42.0 Å². The number of anilines is 3. The number of hydrogen-bond acceptors (Lipinski definition) is 7. The third-order valence-corrected chi connectivity index (χ3v) is 5.27. The summed E-state index contributed by atoms with van der Waals surface area (Å²) in [7, 11) is 3.17. The van der Waals surface area contributed by atoms with Gasteiger partial charge >= 0.3 is 0 Å². The highest BCUT2D eigenvalue weighted by Gasteiger charge is 2.14. The number of aromatic amines is 1. The average Bonchev–Trinajstić information content (AvgIpc) is 3.31. The van der Waals surface area contributed by atoms with Crippen LogP contribution < -0.4 is 20.1 Å². The molecule has 0 aliphatic heterocycles. The van der Waals surface area contributed by atoms with Crippen LogP contribution in [0, 0.1) is 5.82 Å². The van der Waals surface area contributed by atoms with Crippen molar-refractivity contribution in [1.29, 1.82) is 0 Å². The van der Waals surface area contributed by atoms with E-state index in [1.807, 2.05) is 30.3 Å². The summed E-state index contributed by atoms with van der Waals surface area (Å²) in [6, 6.07) is 15.8. The highest BCUT2D eigenvalue weighted by Crippen LogP contribution is 2.35. The summed E-state index contributed by atoms with van der Waals surface area (Å²) in [4.78, 5) is 9.35. The third kappa shape index (κ3) is 4.20. The molecule has 2 aromatic heterocycles. The molecule has 33 heavy (non-hydrogen) atoms. The van der Waals surface area contributed by atoms with Gasteiger partial charge in [-0.15, -0.1) is 0 Å². The highest BCUT2D eigenvalue weighted by atomic mass is 19.1. The first-order chi connectivity index (χ1) is 16.1. The monoisotopic (exact) mass is 444 g/mol. The minimum atomic E-state index is -0.275. The predicted molar refractivity (Wildman–Crippen MR) is 126 cm³/mol. The van der Waals surface area contributed by atoms with Crippen LogP contribution in [-0.4, -0.2) is 34.4 Å². The van der Waals surface area contributed by atoms with Crippen LogP contribution in [0.4, 0.5) is 21.8 Å². The van der Waals surface area contributed by atoms with E-state index in [0.717, 1.165) is 27.5 Å². The Kier molecular flexibility index (Phi) is 5.35. The van der Waals surface area contributed by atoms with Crippen LogP contribution in [0.1, 0.15) is 5.56 Å². The van der Waals surface area contributed by atoms with Crippen LogP contribution in [0.5, 0.6) is 11.5 Å². The summed E-state index contributed by atoms with van der Waals surface area (Å²) in [5.74, 6) is 1.90. The van der Waals surface area contributed by atoms with Crippen LogP contribution >= 0.6 is 0 Å². The van der Waals surface area contributed by atoms with Crippen molar-refractivity contribution in [2.45, 2.75) is 6.54 Å². The van der Waals surface area contributed by atoms with Crippen molar-refractivity contribution >= 4 is 39.3 Å². The lowest BCUT2D eigenvalue weighted by Gasteiger charge is -2.14. The van der Waals surface area contributed by atoms with E-state index >= 15 is 0 Å². The standard InChI is InChI=1S/C24H21FN6O2/c1-32-21-10-18-20(11-22(21)33-2)29-24(26-12-14-3-5-16(25)6-4-14)30-23(18)28-17-7-8-19-15(9-17)13-27-31-19/h3-11,13H,12H2,1-2H3,(H,27,31)(H2,26,28,29,30). The molecule has 8 nitrogen and oxygen atoms in total. The molecule has 3 aromatic carbocycles. The fourth-order valence-electron chi connectivity index (χ4n) is 3.57. The normalized spacial score (nSPS) is 11.0. The summed E-state index contributed by atoms with van der Waals surface area (Å²) >= 11 is 0. The molecule has 0 unspecified atom stereocenters. The topological polar surface area (TPSA) is 97.0 Å². The van der Waals surface area contributed by atoms with E-state index in [4.69, 9.17) is 14.5 Å². The molecule has 0 amide bonds. The molecular weight excluding hydrogens is 423 g/mol. The van der Waals surface area contributed by atoms with Gasteiger partial charge in [0.05, 0.1) is 31.4 Å². The van der Waals surface area contributed by atoms with Gasteiger partial charge in [0, 0.05) is 29.1 Å².